The van der Waals surface area contributed by atoms with Gasteiger partial charge in [0.15, 0.2) is 17.3 Å². The Balaban J connectivity index is 1.40. The lowest BCUT2D eigenvalue weighted by Crippen LogP contribution is -2.02. The van der Waals surface area contributed by atoms with Crippen LogP contribution >= 0.6 is 22.9 Å². The molecule has 0 spiro atoms. The fourth-order valence-corrected chi connectivity index (χ4v) is 3.78. The maximum Gasteiger partial charge on any atom is 0.235 e. The molecular formula is C17H11ClN4O3S. The molecule has 3 heterocycles. The molecule has 26 heavy (non-hydrogen) atoms. The van der Waals surface area contributed by atoms with Crippen molar-refractivity contribution in [3.8, 4) is 27.8 Å². The highest BCUT2D eigenvalue weighted by Gasteiger charge is 2.17. The summed E-state index contributed by atoms with van der Waals surface area (Å²) in [6.45, 7) is 0.458. The van der Waals surface area contributed by atoms with E-state index in [4.69, 9.17) is 25.8 Å². The fraction of sp³-hybridized carbons (Fsp3) is 0.118. The average molecular weight is 387 g/mol. The van der Waals surface area contributed by atoms with Gasteiger partial charge in [0.05, 0.1) is 5.02 Å². The van der Waals surface area contributed by atoms with E-state index in [0.29, 0.717) is 33.1 Å². The molecule has 0 fully saturated rings. The summed E-state index contributed by atoms with van der Waals surface area (Å²) in [4.78, 5) is 0.684. The number of halogens is 1. The van der Waals surface area contributed by atoms with Crippen LogP contribution in [-0.2, 0) is 6.61 Å². The Labute approximate surface area is 156 Å². The molecule has 0 N–H and O–H groups in total. The van der Waals surface area contributed by atoms with Crippen LogP contribution in [0.15, 0.2) is 42.5 Å². The fourth-order valence-electron chi connectivity index (χ4n) is 2.61. The zero-order valence-corrected chi connectivity index (χ0v) is 14.8. The Morgan fingerprint density at radius 1 is 1.12 bits per heavy atom. The first-order chi connectivity index (χ1) is 12.8. The van der Waals surface area contributed by atoms with Gasteiger partial charge in [-0.05, 0) is 18.2 Å². The summed E-state index contributed by atoms with van der Waals surface area (Å²) >= 11 is 7.68. The Hall–Kier alpha value is -2.84. The minimum absolute atomic E-state index is 0.229. The lowest BCUT2D eigenvalue weighted by Gasteiger charge is -2.05. The number of fused-ring (bicyclic) bond motifs is 2. The van der Waals surface area contributed by atoms with Crippen LogP contribution in [0.5, 0.6) is 17.2 Å². The van der Waals surface area contributed by atoms with Crippen molar-refractivity contribution >= 4 is 27.9 Å². The third-order valence-electron chi connectivity index (χ3n) is 3.87. The van der Waals surface area contributed by atoms with E-state index >= 15 is 0 Å². The predicted molar refractivity (Wildman–Crippen MR) is 96.0 cm³/mol. The van der Waals surface area contributed by atoms with Crippen LogP contribution in [0.3, 0.4) is 0 Å². The summed E-state index contributed by atoms with van der Waals surface area (Å²) in [6.07, 6.45) is 0. The van der Waals surface area contributed by atoms with E-state index in [1.54, 1.807) is 10.6 Å². The first-order valence-corrected chi connectivity index (χ1v) is 8.96. The molecule has 0 amide bonds. The zero-order chi connectivity index (χ0) is 17.5. The van der Waals surface area contributed by atoms with Gasteiger partial charge in [0, 0.05) is 11.6 Å². The number of rotatable bonds is 4. The molecular weight excluding hydrogens is 376 g/mol. The molecule has 5 rings (SSSR count). The Bertz CT molecular complexity index is 1110. The van der Waals surface area contributed by atoms with Crippen molar-refractivity contribution in [3.05, 3.63) is 53.3 Å². The smallest absolute Gasteiger partial charge is 0.235 e. The van der Waals surface area contributed by atoms with Crippen LogP contribution in [0.25, 0.3) is 15.5 Å². The number of ether oxygens (including phenoxy) is 3. The Kier molecular flexibility index (Phi) is 3.65. The van der Waals surface area contributed by atoms with Crippen molar-refractivity contribution in [2.75, 3.05) is 6.79 Å². The van der Waals surface area contributed by atoms with Crippen LogP contribution in [0.1, 0.15) is 5.82 Å². The highest BCUT2D eigenvalue weighted by Crippen LogP contribution is 2.35. The summed E-state index contributed by atoms with van der Waals surface area (Å²) in [5, 5.41) is 14.3. The molecule has 1 aliphatic heterocycles. The van der Waals surface area contributed by atoms with E-state index in [9.17, 15) is 0 Å². The van der Waals surface area contributed by atoms with Gasteiger partial charge in [-0.2, -0.15) is 9.61 Å². The predicted octanol–water partition coefficient (Wildman–Crippen LogP) is 3.81. The summed E-state index contributed by atoms with van der Waals surface area (Å²) in [5.41, 5.74) is 0.868. The molecule has 130 valence electrons. The van der Waals surface area contributed by atoms with Gasteiger partial charge in [0.1, 0.15) is 17.4 Å². The molecule has 0 radical (unpaired) electrons. The van der Waals surface area contributed by atoms with Crippen molar-refractivity contribution in [1.82, 2.24) is 19.8 Å². The van der Waals surface area contributed by atoms with Crippen LogP contribution in [0.4, 0.5) is 0 Å². The summed E-state index contributed by atoms with van der Waals surface area (Å²) < 4.78 is 18.1. The van der Waals surface area contributed by atoms with E-state index in [1.165, 1.54) is 11.3 Å². The van der Waals surface area contributed by atoms with Gasteiger partial charge in [0.2, 0.25) is 11.8 Å². The third kappa shape index (κ3) is 2.63. The molecule has 0 saturated heterocycles. The second-order valence-electron chi connectivity index (χ2n) is 5.50. The molecule has 4 aromatic rings. The second-order valence-corrected chi connectivity index (χ2v) is 6.86. The Morgan fingerprint density at radius 2 is 2.00 bits per heavy atom. The van der Waals surface area contributed by atoms with Crippen LogP contribution < -0.4 is 14.2 Å². The van der Waals surface area contributed by atoms with Crippen LogP contribution in [0, 0.1) is 0 Å². The van der Waals surface area contributed by atoms with Crippen molar-refractivity contribution in [1.29, 1.82) is 0 Å². The van der Waals surface area contributed by atoms with Gasteiger partial charge in [-0.15, -0.1) is 10.2 Å². The summed E-state index contributed by atoms with van der Waals surface area (Å²) in [5.74, 6) is 2.65. The highest BCUT2D eigenvalue weighted by atomic mass is 35.5. The number of aromatic nitrogens is 4. The Morgan fingerprint density at radius 3 is 2.92 bits per heavy atom. The van der Waals surface area contributed by atoms with Crippen molar-refractivity contribution in [2.24, 2.45) is 0 Å². The highest BCUT2D eigenvalue weighted by molar-refractivity contribution is 7.19. The number of hydrogen-bond donors (Lipinski definition) is 0. The molecule has 7 nitrogen and oxygen atoms in total. The van der Waals surface area contributed by atoms with E-state index in [1.807, 2.05) is 36.4 Å². The summed E-state index contributed by atoms with van der Waals surface area (Å²) in [6, 6.07) is 13.0. The standard InChI is InChI=1S/C17H11ClN4O3S/c18-12-4-2-1-3-11(12)16-21-22-15(19-20-17(22)26-16)8-23-10-5-6-13-14(7-10)25-9-24-13/h1-7H,8-9H2. The minimum atomic E-state index is 0.229. The van der Waals surface area contributed by atoms with Crippen molar-refractivity contribution in [3.63, 3.8) is 0 Å². The molecule has 9 heteroatoms. The minimum Gasteiger partial charge on any atom is -0.485 e. The third-order valence-corrected chi connectivity index (χ3v) is 5.13. The molecule has 1 aliphatic rings. The van der Waals surface area contributed by atoms with Gasteiger partial charge >= 0.3 is 0 Å². The zero-order valence-electron chi connectivity index (χ0n) is 13.3. The van der Waals surface area contributed by atoms with Gasteiger partial charge in [-0.3, -0.25) is 0 Å². The molecule has 0 aliphatic carbocycles. The molecule has 2 aromatic heterocycles. The van der Waals surface area contributed by atoms with Crippen molar-refractivity contribution in [2.45, 2.75) is 6.61 Å². The lowest BCUT2D eigenvalue weighted by molar-refractivity contribution is 0.173. The monoisotopic (exact) mass is 386 g/mol. The topological polar surface area (TPSA) is 70.8 Å². The quantitative estimate of drug-likeness (QED) is 0.531. The second kappa shape index (κ2) is 6.15. The largest absolute Gasteiger partial charge is 0.485 e. The SMILES string of the molecule is Clc1ccccc1-c1nn2c(COc3ccc4c(c3)OCO4)nnc2s1. The molecule has 2 aromatic carbocycles. The maximum atomic E-state index is 6.26. The van der Waals surface area contributed by atoms with E-state index in [0.717, 1.165) is 10.6 Å². The maximum absolute atomic E-state index is 6.26. The molecule has 0 unspecified atom stereocenters. The first kappa shape index (κ1) is 15.4. The number of hydrogen-bond acceptors (Lipinski definition) is 7. The van der Waals surface area contributed by atoms with E-state index in [-0.39, 0.29) is 13.4 Å². The van der Waals surface area contributed by atoms with Crippen LogP contribution in [-0.4, -0.2) is 26.6 Å². The van der Waals surface area contributed by atoms with E-state index in [2.05, 4.69) is 15.3 Å². The molecule has 0 atom stereocenters. The average Bonchev–Trinajstić information content (AvgIpc) is 3.36. The molecule has 0 saturated carbocycles. The van der Waals surface area contributed by atoms with E-state index < -0.39 is 0 Å². The first-order valence-electron chi connectivity index (χ1n) is 7.76. The summed E-state index contributed by atoms with van der Waals surface area (Å²) in [7, 11) is 0. The van der Waals surface area contributed by atoms with Crippen LogP contribution in [0.2, 0.25) is 5.02 Å². The normalized spacial score (nSPS) is 12.7. The lowest BCUT2D eigenvalue weighted by atomic mass is 10.2. The van der Waals surface area contributed by atoms with Gasteiger partial charge in [-0.1, -0.05) is 41.1 Å². The van der Waals surface area contributed by atoms with Gasteiger partial charge < -0.3 is 14.2 Å². The van der Waals surface area contributed by atoms with Gasteiger partial charge in [-0.25, -0.2) is 0 Å². The number of benzene rings is 2. The van der Waals surface area contributed by atoms with Gasteiger partial charge in [0.25, 0.3) is 0 Å². The van der Waals surface area contributed by atoms with Crippen molar-refractivity contribution < 1.29 is 14.2 Å². The number of nitrogens with zero attached hydrogens (tertiary/aromatic N) is 4. The molecule has 0 bridgehead atoms.